The van der Waals surface area contributed by atoms with Crippen LogP contribution in [0.1, 0.15) is 36.7 Å². The van der Waals surface area contributed by atoms with Crippen LogP contribution in [0.25, 0.3) is 0 Å². The van der Waals surface area contributed by atoms with Crippen molar-refractivity contribution in [2.24, 2.45) is 0 Å². The van der Waals surface area contributed by atoms with E-state index in [1.807, 2.05) is 27.7 Å². The first-order valence-corrected chi connectivity index (χ1v) is 4.54. The molecule has 0 bridgehead atoms. The highest BCUT2D eigenvalue weighted by atomic mass is 16.6. The Morgan fingerprint density at radius 2 is 2.07 bits per heavy atom. The number of pyridine rings is 1. The van der Waals surface area contributed by atoms with E-state index in [4.69, 9.17) is 4.74 Å². The van der Waals surface area contributed by atoms with Crippen LogP contribution in [0, 0.1) is 6.92 Å². The Hall–Kier alpha value is -1.38. The first kappa shape index (κ1) is 10.7. The van der Waals surface area contributed by atoms with Gasteiger partial charge in [-0.15, -0.1) is 0 Å². The molecule has 14 heavy (non-hydrogen) atoms. The zero-order valence-corrected chi connectivity index (χ0v) is 9.00. The summed E-state index contributed by atoms with van der Waals surface area (Å²) in [4.78, 5) is 15.5. The third kappa shape index (κ3) is 2.83. The molecule has 0 spiro atoms. The van der Waals surface area contributed by atoms with E-state index in [0.717, 1.165) is 5.56 Å². The van der Waals surface area contributed by atoms with Gasteiger partial charge < -0.3 is 4.74 Å². The summed E-state index contributed by atoms with van der Waals surface area (Å²) in [7, 11) is 0. The van der Waals surface area contributed by atoms with E-state index in [-0.39, 0.29) is 5.97 Å². The number of aromatic nitrogens is 1. The summed E-state index contributed by atoms with van der Waals surface area (Å²) in [5, 5.41) is 0. The zero-order chi connectivity index (χ0) is 10.8. The third-order valence-electron chi connectivity index (χ3n) is 1.66. The minimum Gasteiger partial charge on any atom is -0.456 e. The van der Waals surface area contributed by atoms with E-state index in [2.05, 4.69) is 4.98 Å². The first-order valence-electron chi connectivity index (χ1n) is 4.54. The van der Waals surface area contributed by atoms with Gasteiger partial charge in [-0.3, -0.25) is 4.98 Å². The van der Waals surface area contributed by atoms with E-state index in [0.29, 0.717) is 5.56 Å². The molecule has 0 saturated heterocycles. The Bertz CT molecular complexity index is 339. The van der Waals surface area contributed by atoms with Crippen molar-refractivity contribution in [1.82, 2.24) is 4.98 Å². The van der Waals surface area contributed by atoms with Crippen molar-refractivity contribution in [1.29, 1.82) is 0 Å². The molecule has 0 aliphatic carbocycles. The lowest BCUT2D eigenvalue weighted by atomic mass is 10.1. The molecule has 0 radical (unpaired) electrons. The average Bonchev–Trinajstić information content (AvgIpc) is 2.01. The Morgan fingerprint density at radius 1 is 1.43 bits per heavy atom. The molecule has 1 rings (SSSR count). The number of nitrogens with zero attached hydrogens (tertiary/aromatic N) is 1. The minimum atomic E-state index is -0.459. The van der Waals surface area contributed by atoms with Crippen molar-refractivity contribution in [2.75, 3.05) is 0 Å². The Kier molecular flexibility index (Phi) is 2.89. The summed E-state index contributed by atoms with van der Waals surface area (Å²) in [6.45, 7) is 7.39. The fourth-order valence-electron chi connectivity index (χ4n) is 1.01. The van der Waals surface area contributed by atoms with E-state index >= 15 is 0 Å². The maximum Gasteiger partial charge on any atom is 0.340 e. The summed E-state index contributed by atoms with van der Waals surface area (Å²) in [6, 6.07) is 1.79. The van der Waals surface area contributed by atoms with Crippen molar-refractivity contribution in [3.8, 4) is 0 Å². The van der Waals surface area contributed by atoms with Gasteiger partial charge in [0.25, 0.3) is 0 Å². The second kappa shape index (κ2) is 3.78. The standard InChI is InChI=1S/C11H15NO2/c1-8-5-6-12-7-9(8)10(13)14-11(2,3)4/h5-7H,1-4H3. The number of esters is 1. The van der Waals surface area contributed by atoms with Crippen LogP contribution in [0.4, 0.5) is 0 Å². The molecule has 0 saturated carbocycles. The Labute approximate surface area is 84.1 Å². The number of carbonyl (C=O) groups is 1. The lowest BCUT2D eigenvalue weighted by Gasteiger charge is -2.19. The highest BCUT2D eigenvalue weighted by Crippen LogP contribution is 2.13. The van der Waals surface area contributed by atoms with Gasteiger partial charge in [0.05, 0.1) is 5.56 Å². The van der Waals surface area contributed by atoms with Crippen molar-refractivity contribution < 1.29 is 9.53 Å². The number of hydrogen-bond acceptors (Lipinski definition) is 3. The van der Waals surface area contributed by atoms with Crippen LogP contribution in [0.3, 0.4) is 0 Å². The smallest absolute Gasteiger partial charge is 0.340 e. The van der Waals surface area contributed by atoms with Gasteiger partial charge in [0, 0.05) is 12.4 Å². The lowest BCUT2D eigenvalue weighted by Crippen LogP contribution is -2.24. The molecule has 0 aromatic carbocycles. The predicted molar refractivity (Wildman–Crippen MR) is 54.1 cm³/mol. The Balaban J connectivity index is 2.86. The molecular weight excluding hydrogens is 178 g/mol. The number of hydrogen-bond donors (Lipinski definition) is 0. The van der Waals surface area contributed by atoms with Crippen LogP contribution in [0.15, 0.2) is 18.5 Å². The van der Waals surface area contributed by atoms with Crippen LogP contribution in [-0.2, 0) is 4.74 Å². The number of ether oxygens (including phenoxy) is 1. The Morgan fingerprint density at radius 3 is 2.57 bits per heavy atom. The molecule has 0 amide bonds. The van der Waals surface area contributed by atoms with E-state index < -0.39 is 5.60 Å². The number of aryl methyl sites for hydroxylation is 1. The van der Waals surface area contributed by atoms with Crippen LogP contribution in [0.2, 0.25) is 0 Å². The van der Waals surface area contributed by atoms with Crippen molar-refractivity contribution in [3.63, 3.8) is 0 Å². The van der Waals surface area contributed by atoms with Gasteiger partial charge >= 0.3 is 5.97 Å². The van der Waals surface area contributed by atoms with E-state index in [9.17, 15) is 4.79 Å². The molecule has 0 unspecified atom stereocenters. The quantitative estimate of drug-likeness (QED) is 0.642. The van der Waals surface area contributed by atoms with Crippen molar-refractivity contribution >= 4 is 5.97 Å². The minimum absolute atomic E-state index is 0.317. The molecule has 0 atom stereocenters. The monoisotopic (exact) mass is 193 g/mol. The SMILES string of the molecule is Cc1ccncc1C(=O)OC(C)(C)C. The first-order chi connectivity index (χ1) is 6.40. The molecule has 0 aliphatic heterocycles. The highest BCUT2D eigenvalue weighted by Gasteiger charge is 2.18. The molecular formula is C11H15NO2. The predicted octanol–water partition coefficient (Wildman–Crippen LogP) is 2.35. The molecule has 3 heteroatoms. The van der Waals surface area contributed by atoms with Gasteiger partial charge in [-0.1, -0.05) is 0 Å². The van der Waals surface area contributed by atoms with Gasteiger partial charge in [0.15, 0.2) is 0 Å². The van der Waals surface area contributed by atoms with Crippen molar-refractivity contribution in [2.45, 2.75) is 33.3 Å². The van der Waals surface area contributed by atoms with Gasteiger partial charge in [-0.05, 0) is 39.3 Å². The van der Waals surface area contributed by atoms with Gasteiger partial charge in [-0.2, -0.15) is 0 Å². The highest BCUT2D eigenvalue weighted by molar-refractivity contribution is 5.90. The molecule has 0 N–H and O–H groups in total. The second-order valence-electron chi connectivity index (χ2n) is 4.19. The second-order valence-corrected chi connectivity index (χ2v) is 4.19. The summed E-state index contributed by atoms with van der Waals surface area (Å²) in [6.07, 6.45) is 3.19. The molecule has 0 aliphatic rings. The average molecular weight is 193 g/mol. The topological polar surface area (TPSA) is 39.2 Å². The molecule has 76 valence electrons. The fraction of sp³-hybridized carbons (Fsp3) is 0.455. The van der Waals surface area contributed by atoms with Crippen LogP contribution in [-0.4, -0.2) is 16.6 Å². The maximum absolute atomic E-state index is 11.6. The largest absolute Gasteiger partial charge is 0.456 e. The third-order valence-corrected chi connectivity index (χ3v) is 1.66. The van der Waals surface area contributed by atoms with Gasteiger partial charge in [0.1, 0.15) is 5.60 Å². The maximum atomic E-state index is 11.6. The molecule has 1 aromatic rings. The van der Waals surface area contributed by atoms with Gasteiger partial charge in [-0.25, -0.2) is 4.79 Å². The summed E-state index contributed by atoms with van der Waals surface area (Å²) < 4.78 is 5.23. The normalized spacial score (nSPS) is 11.1. The van der Waals surface area contributed by atoms with Crippen LogP contribution >= 0.6 is 0 Å². The summed E-state index contributed by atoms with van der Waals surface area (Å²) >= 11 is 0. The zero-order valence-electron chi connectivity index (χ0n) is 9.00. The number of carbonyl (C=O) groups excluding carboxylic acids is 1. The summed E-state index contributed by atoms with van der Waals surface area (Å²) in [5.41, 5.74) is 0.955. The summed E-state index contributed by atoms with van der Waals surface area (Å²) in [5.74, 6) is -0.317. The molecule has 0 fully saturated rings. The van der Waals surface area contributed by atoms with E-state index in [1.54, 1.807) is 12.3 Å². The van der Waals surface area contributed by atoms with E-state index in [1.165, 1.54) is 6.20 Å². The molecule has 1 aromatic heterocycles. The van der Waals surface area contributed by atoms with Crippen LogP contribution < -0.4 is 0 Å². The molecule has 3 nitrogen and oxygen atoms in total. The fourth-order valence-corrected chi connectivity index (χ4v) is 1.01. The molecule has 1 heterocycles. The number of rotatable bonds is 1. The van der Waals surface area contributed by atoms with Crippen LogP contribution in [0.5, 0.6) is 0 Å². The van der Waals surface area contributed by atoms with Crippen molar-refractivity contribution in [3.05, 3.63) is 29.6 Å². The lowest BCUT2D eigenvalue weighted by molar-refractivity contribution is 0.00683. The van der Waals surface area contributed by atoms with Gasteiger partial charge in [0.2, 0.25) is 0 Å².